The van der Waals surface area contributed by atoms with E-state index >= 15 is 0 Å². The van der Waals surface area contributed by atoms with Crippen LogP contribution in [0.3, 0.4) is 0 Å². The Morgan fingerprint density at radius 1 is 1.33 bits per heavy atom. The molecule has 1 aliphatic rings. The Labute approximate surface area is 117 Å². The molecule has 1 aromatic carbocycles. The molecule has 0 radical (unpaired) electrons. The van der Waals surface area contributed by atoms with Gasteiger partial charge in [-0.1, -0.05) is 11.6 Å². The molecule has 0 atom stereocenters. The van der Waals surface area contributed by atoms with Crippen molar-refractivity contribution in [1.82, 2.24) is 9.80 Å². The maximum Gasteiger partial charge on any atom is 0.173 e. The first kappa shape index (κ1) is 13.5. The summed E-state index contributed by atoms with van der Waals surface area (Å²) in [6, 6.07) is 4.50. The average Bonchev–Trinajstić information content (AvgIpc) is 2.34. The van der Waals surface area contributed by atoms with Crippen LogP contribution < -0.4 is 5.32 Å². The summed E-state index contributed by atoms with van der Waals surface area (Å²) >= 11 is 11.1. The van der Waals surface area contributed by atoms with Gasteiger partial charge in [0.25, 0.3) is 0 Å². The van der Waals surface area contributed by atoms with Gasteiger partial charge in [-0.3, -0.25) is 0 Å². The van der Waals surface area contributed by atoms with Crippen molar-refractivity contribution >= 4 is 34.6 Å². The molecule has 0 spiro atoms. The van der Waals surface area contributed by atoms with Crippen LogP contribution in [0.25, 0.3) is 0 Å². The van der Waals surface area contributed by atoms with Gasteiger partial charge in [0.15, 0.2) is 5.11 Å². The summed E-state index contributed by atoms with van der Waals surface area (Å²) in [4.78, 5) is 4.36. The van der Waals surface area contributed by atoms with Crippen LogP contribution >= 0.6 is 23.8 Å². The number of rotatable bonds is 1. The zero-order valence-electron chi connectivity index (χ0n) is 10.1. The van der Waals surface area contributed by atoms with Gasteiger partial charge in [-0.2, -0.15) is 0 Å². The van der Waals surface area contributed by atoms with Crippen molar-refractivity contribution in [3.8, 4) is 0 Å². The minimum atomic E-state index is -0.423. The number of halogens is 2. The molecule has 1 aliphatic heterocycles. The highest BCUT2D eigenvalue weighted by atomic mass is 35.5. The second kappa shape index (κ2) is 5.82. The molecule has 0 unspecified atom stereocenters. The van der Waals surface area contributed by atoms with Gasteiger partial charge in [0.2, 0.25) is 0 Å². The molecule has 0 aliphatic carbocycles. The van der Waals surface area contributed by atoms with Crippen molar-refractivity contribution in [2.45, 2.75) is 0 Å². The monoisotopic (exact) mass is 287 g/mol. The van der Waals surface area contributed by atoms with Crippen LogP contribution in [-0.4, -0.2) is 48.1 Å². The summed E-state index contributed by atoms with van der Waals surface area (Å²) in [6.07, 6.45) is 0. The van der Waals surface area contributed by atoms with E-state index in [0.717, 1.165) is 26.2 Å². The van der Waals surface area contributed by atoms with Crippen LogP contribution in [0.2, 0.25) is 5.02 Å². The molecule has 1 heterocycles. The summed E-state index contributed by atoms with van der Waals surface area (Å²) in [5.41, 5.74) is 0.713. The standard InChI is InChI=1S/C12H15ClFN3S/c1-16-4-6-17(7-5-16)12(18)15-9-2-3-11(14)10(13)8-9/h2-3,8H,4-7H2,1H3,(H,15,18). The molecule has 1 fully saturated rings. The fourth-order valence-corrected chi connectivity index (χ4v) is 2.27. The van der Waals surface area contributed by atoms with E-state index in [1.165, 1.54) is 6.07 Å². The Bertz CT molecular complexity index is 447. The number of likely N-dealkylation sites (N-methyl/N-ethyl adjacent to an activating group) is 1. The predicted molar refractivity (Wildman–Crippen MR) is 76.7 cm³/mol. The van der Waals surface area contributed by atoms with E-state index < -0.39 is 5.82 Å². The molecule has 1 N–H and O–H groups in total. The lowest BCUT2D eigenvalue weighted by molar-refractivity contribution is 0.217. The van der Waals surface area contributed by atoms with Crippen molar-refractivity contribution < 1.29 is 4.39 Å². The van der Waals surface area contributed by atoms with E-state index in [2.05, 4.69) is 22.2 Å². The minimum Gasteiger partial charge on any atom is -0.346 e. The number of nitrogens with zero attached hydrogens (tertiary/aromatic N) is 2. The predicted octanol–water partition coefficient (Wildman–Crippen LogP) is 2.42. The van der Waals surface area contributed by atoms with Gasteiger partial charge in [0, 0.05) is 31.9 Å². The van der Waals surface area contributed by atoms with Gasteiger partial charge in [0.1, 0.15) is 5.82 Å². The van der Waals surface area contributed by atoms with Crippen LogP contribution in [0.15, 0.2) is 18.2 Å². The number of nitrogens with one attached hydrogen (secondary N) is 1. The van der Waals surface area contributed by atoms with Gasteiger partial charge >= 0.3 is 0 Å². The minimum absolute atomic E-state index is 0.0983. The number of thiocarbonyl (C=S) groups is 1. The first-order valence-electron chi connectivity index (χ1n) is 5.76. The van der Waals surface area contributed by atoms with Crippen LogP contribution in [0.4, 0.5) is 10.1 Å². The number of hydrogen-bond donors (Lipinski definition) is 1. The van der Waals surface area contributed by atoms with Crippen molar-refractivity contribution in [2.24, 2.45) is 0 Å². The molecular formula is C12H15ClFN3S. The lowest BCUT2D eigenvalue weighted by Gasteiger charge is -2.34. The Kier molecular flexibility index (Phi) is 4.37. The lowest BCUT2D eigenvalue weighted by atomic mass is 10.3. The fourth-order valence-electron chi connectivity index (χ4n) is 1.79. The van der Waals surface area contributed by atoms with E-state index in [4.69, 9.17) is 23.8 Å². The van der Waals surface area contributed by atoms with Crippen LogP contribution in [0.5, 0.6) is 0 Å². The molecule has 18 heavy (non-hydrogen) atoms. The maximum absolute atomic E-state index is 13.0. The van der Waals surface area contributed by atoms with Crippen molar-refractivity contribution in [3.63, 3.8) is 0 Å². The summed E-state index contributed by atoms with van der Waals surface area (Å²) < 4.78 is 13.0. The van der Waals surface area contributed by atoms with E-state index in [1.807, 2.05) is 0 Å². The Hall–Kier alpha value is -0.910. The molecule has 1 saturated heterocycles. The fraction of sp³-hybridized carbons (Fsp3) is 0.417. The third-order valence-corrected chi connectivity index (χ3v) is 3.61. The molecular weight excluding hydrogens is 273 g/mol. The third kappa shape index (κ3) is 3.31. The van der Waals surface area contributed by atoms with E-state index in [1.54, 1.807) is 12.1 Å². The second-order valence-electron chi connectivity index (χ2n) is 4.35. The topological polar surface area (TPSA) is 18.5 Å². The molecule has 6 heteroatoms. The van der Waals surface area contributed by atoms with E-state index in [-0.39, 0.29) is 5.02 Å². The number of hydrogen-bond acceptors (Lipinski definition) is 2. The summed E-state index contributed by atoms with van der Waals surface area (Å²) in [7, 11) is 2.09. The molecule has 3 nitrogen and oxygen atoms in total. The Balaban J connectivity index is 1.96. The summed E-state index contributed by atoms with van der Waals surface area (Å²) in [6.45, 7) is 3.78. The highest BCUT2D eigenvalue weighted by Crippen LogP contribution is 2.19. The van der Waals surface area contributed by atoms with Crippen LogP contribution in [0.1, 0.15) is 0 Å². The van der Waals surface area contributed by atoms with Gasteiger partial charge in [-0.05, 0) is 37.5 Å². The Morgan fingerprint density at radius 2 is 2.00 bits per heavy atom. The van der Waals surface area contributed by atoms with Gasteiger partial charge in [-0.25, -0.2) is 4.39 Å². The quantitative estimate of drug-likeness (QED) is 0.799. The zero-order chi connectivity index (χ0) is 13.1. The van der Waals surface area contributed by atoms with Gasteiger partial charge in [-0.15, -0.1) is 0 Å². The zero-order valence-corrected chi connectivity index (χ0v) is 11.7. The number of anilines is 1. The molecule has 0 saturated carbocycles. The SMILES string of the molecule is CN1CCN(C(=S)Nc2ccc(F)c(Cl)c2)CC1. The maximum atomic E-state index is 13.0. The number of benzene rings is 1. The van der Waals surface area contributed by atoms with Gasteiger partial charge in [0.05, 0.1) is 5.02 Å². The lowest BCUT2D eigenvalue weighted by Crippen LogP contribution is -2.48. The molecule has 0 aromatic heterocycles. The highest BCUT2D eigenvalue weighted by molar-refractivity contribution is 7.80. The molecule has 0 bridgehead atoms. The van der Waals surface area contributed by atoms with Crippen LogP contribution in [0, 0.1) is 5.82 Å². The van der Waals surface area contributed by atoms with E-state index in [9.17, 15) is 4.39 Å². The van der Waals surface area contributed by atoms with Crippen molar-refractivity contribution in [2.75, 3.05) is 38.5 Å². The third-order valence-electron chi connectivity index (χ3n) is 2.96. The van der Waals surface area contributed by atoms with Crippen molar-refractivity contribution in [1.29, 1.82) is 0 Å². The van der Waals surface area contributed by atoms with Crippen LogP contribution in [-0.2, 0) is 0 Å². The van der Waals surface area contributed by atoms with Crippen molar-refractivity contribution in [3.05, 3.63) is 29.0 Å². The van der Waals surface area contributed by atoms with E-state index in [0.29, 0.717) is 10.8 Å². The Morgan fingerprint density at radius 3 is 2.61 bits per heavy atom. The second-order valence-corrected chi connectivity index (χ2v) is 5.14. The molecule has 2 rings (SSSR count). The first-order chi connectivity index (χ1) is 8.56. The average molecular weight is 288 g/mol. The first-order valence-corrected chi connectivity index (χ1v) is 6.54. The highest BCUT2D eigenvalue weighted by Gasteiger charge is 2.16. The molecule has 0 amide bonds. The smallest absolute Gasteiger partial charge is 0.173 e. The molecule has 1 aromatic rings. The number of piperazine rings is 1. The summed E-state index contributed by atoms with van der Waals surface area (Å²) in [5, 5.41) is 3.84. The molecule has 98 valence electrons. The van der Waals surface area contributed by atoms with Gasteiger partial charge < -0.3 is 15.1 Å². The summed E-state index contributed by atoms with van der Waals surface area (Å²) in [5.74, 6) is -0.423. The normalized spacial score (nSPS) is 16.7. The largest absolute Gasteiger partial charge is 0.346 e.